The zero-order valence-corrected chi connectivity index (χ0v) is 13.0. The number of carbonyl (C=O) groups is 1. The molecule has 8 nitrogen and oxygen atoms in total. The van der Waals surface area contributed by atoms with E-state index in [1.807, 2.05) is 0 Å². The van der Waals surface area contributed by atoms with Crippen molar-refractivity contribution in [2.45, 2.75) is 37.7 Å². The molecule has 124 valence electrons. The van der Waals surface area contributed by atoms with Crippen LogP contribution >= 0.6 is 0 Å². The minimum atomic E-state index is -0.383. The summed E-state index contributed by atoms with van der Waals surface area (Å²) in [5.74, 6) is -0.135. The highest BCUT2D eigenvalue weighted by molar-refractivity contribution is 5.73. The van der Waals surface area contributed by atoms with Gasteiger partial charge in [0.15, 0.2) is 0 Å². The van der Waals surface area contributed by atoms with E-state index >= 15 is 0 Å². The van der Waals surface area contributed by atoms with Gasteiger partial charge in [-0.3, -0.25) is 4.79 Å². The lowest BCUT2D eigenvalue weighted by molar-refractivity contribution is -0.187. The van der Waals surface area contributed by atoms with Crippen molar-refractivity contribution in [1.82, 2.24) is 5.32 Å². The van der Waals surface area contributed by atoms with Crippen LogP contribution in [0.15, 0.2) is 0 Å². The fraction of sp³-hybridized carbons (Fsp3) is 0.923. The molecule has 4 atom stereocenters. The third-order valence-corrected chi connectivity index (χ3v) is 3.12. The Kier molecular flexibility index (Phi) is 8.74. The van der Waals surface area contributed by atoms with Crippen LogP contribution in [0.3, 0.4) is 0 Å². The topological polar surface area (TPSA) is 84.5 Å². The maximum absolute atomic E-state index is 11.3. The Labute approximate surface area is 125 Å². The number of amides is 1. The van der Waals surface area contributed by atoms with Gasteiger partial charge in [-0.25, -0.2) is 0 Å². The third kappa shape index (κ3) is 5.85. The molecule has 0 unspecified atom stereocenters. The Bertz CT molecular complexity index is 302. The van der Waals surface area contributed by atoms with Crippen molar-refractivity contribution in [2.24, 2.45) is 0 Å². The minimum absolute atomic E-state index is 0.102. The van der Waals surface area contributed by atoms with Crippen molar-refractivity contribution in [1.29, 1.82) is 0 Å². The molecule has 21 heavy (non-hydrogen) atoms. The van der Waals surface area contributed by atoms with Crippen LogP contribution in [0.4, 0.5) is 0 Å². The Hall–Kier alpha value is -0.770. The van der Waals surface area contributed by atoms with E-state index in [9.17, 15) is 4.79 Å². The average molecular weight is 307 g/mol. The number of hydrogen-bond acceptors (Lipinski definition) is 7. The molecule has 0 saturated heterocycles. The van der Waals surface area contributed by atoms with E-state index in [-0.39, 0.29) is 50.6 Å². The normalized spacial score (nSPS) is 28.8. The molecule has 0 aromatic rings. The summed E-state index contributed by atoms with van der Waals surface area (Å²) in [4.78, 5) is 11.3. The molecule has 1 rings (SSSR count). The zero-order valence-electron chi connectivity index (χ0n) is 13.0. The van der Waals surface area contributed by atoms with E-state index < -0.39 is 0 Å². The second-order valence-electron chi connectivity index (χ2n) is 4.73. The Balaban J connectivity index is 2.75. The summed E-state index contributed by atoms with van der Waals surface area (Å²) in [5, 5.41) is 2.85. The number of rotatable bonds is 10. The highest BCUT2D eigenvalue weighted by Gasteiger charge is 2.46. The van der Waals surface area contributed by atoms with Gasteiger partial charge in [0, 0.05) is 28.3 Å². The molecule has 1 fully saturated rings. The fourth-order valence-corrected chi connectivity index (χ4v) is 2.39. The molecule has 0 spiro atoms. The van der Waals surface area contributed by atoms with E-state index in [0.29, 0.717) is 6.42 Å². The molecule has 8 heteroatoms. The molecular weight excluding hydrogens is 282 g/mol. The van der Waals surface area contributed by atoms with Crippen molar-refractivity contribution < 1.29 is 33.2 Å². The van der Waals surface area contributed by atoms with Gasteiger partial charge in [0.05, 0.1) is 12.1 Å². The molecule has 0 aromatic heterocycles. The highest BCUT2D eigenvalue weighted by Crippen LogP contribution is 2.29. The molecule has 0 heterocycles. The van der Waals surface area contributed by atoms with Crippen molar-refractivity contribution in [3.05, 3.63) is 0 Å². The Morgan fingerprint density at radius 2 is 1.48 bits per heavy atom. The molecule has 0 radical (unpaired) electrons. The van der Waals surface area contributed by atoms with Gasteiger partial charge in [-0.2, -0.15) is 0 Å². The fourth-order valence-electron chi connectivity index (χ4n) is 2.39. The van der Waals surface area contributed by atoms with E-state index in [0.717, 1.165) is 0 Å². The highest BCUT2D eigenvalue weighted by atomic mass is 16.7. The number of ether oxygens (including phenoxy) is 6. The number of nitrogens with one attached hydrogen (secondary N) is 1. The van der Waals surface area contributed by atoms with E-state index in [1.54, 1.807) is 7.11 Å². The molecule has 1 saturated carbocycles. The van der Waals surface area contributed by atoms with E-state index in [1.165, 1.54) is 21.1 Å². The van der Waals surface area contributed by atoms with Crippen LogP contribution < -0.4 is 5.32 Å². The molecule has 1 N–H and O–H groups in total. The van der Waals surface area contributed by atoms with Gasteiger partial charge in [-0.1, -0.05) is 0 Å². The zero-order chi connectivity index (χ0) is 15.7. The summed E-state index contributed by atoms with van der Waals surface area (Å²) >= 11 is 0. The maximum Gasteiger partial charge on any atom is 0.217 e. The summed E-state index contributed by atoms with van der Waals surface area (Å²) in [6.45, 7) is 1.81. The molecule has 0 aromatic carbocycles. The molecule has 1 aliphatic carbocycles. The second-order valence-corrected chi connectivity index (χ2v) is 4.73. The standard InChI is InChI=1S/C13H25NO7/c1-9(15)14-10-5-11(19-6-16-2)13(21-8-18-4)12(10)20-7-17-3/h10-13H,5-8H2,1-4H3,(H,14,15)/t10-,11-,12+,13+/m1/s1. The lowest BCUT2D eigenvalue weighted by atomic mass is 10.2. The van der Waals surface area contributed by atoms with Gasteiger partial charge in [0.2, 0.25) is 5.91 Å². The first-order chi connectivity index (χ1) is 10.1. The van der Waals surface area contributed by atoms with Gasteiger partial charge >= 0.3 is 0 Å². The van der Waals surface area contributed by atoms with Crippen molar-refractivity contribution in [3.63, 3.8) is 0 Å². The molecular formula is C13H25NO7. The first-order valence-electron chi connectivity index (χ1n) is 6.72. The first kappa shape index (κ1) is 18.3. The predicted molar refractivity (Wildman–Crippen MR) is 72.5 cm³/mol. The smallest absolute Gasteiger partial charge is 0.217 e. The van der Waals surface area contributed by atoms with Gasteiger partial charge in [-0.05, 0) is 6.42 Å². The van der Waals surface area contributed by atoms with Gasteiger partial charge < -0.3 is 33.7 Å². The molecule has 0 bridgehead atoms. The van der Waals surface area contributed by atoms with Gasteiger partial charge in [0.25, 0.3) is 0 Å². The molecule has 0 aliphatic heterocycles. The summed E-state index contributed by atoms with van der Waals surface area (Å²) in [6, 6.07) is -0.221. The number of carbonyl (C=O) groups excluding carboxylic acids is 1. The van der Waals surface area contributed by atoms with Crippen LogP contribution in [-0.4, -0.2) is 72.0 Å². The van der Waals surface area contributed by atoms with Crippen molar-refractivity contribution in [2.75, 3.05) is 41.7 Å². The Morgan fingerprint density at radius 3 is 2.00 bits per heavy atom. The predicted octanol–water partition coefficient (Wildman–Crippen LogP) is -0.138. The third-order valence-electron chi connectivity index (χ3n) is 3.12. The van der Waals surface area contributed by atoms with E-state index in [4.69, 9.17) is 28.4 Å². The van der Waals surface area contributed by atoms with Crippen molar-refractivity contribution >= 4 is 5.91 Å². The Morgan fingerprint density at radius 1 is 0.952 bits per heavy atom. The monoisotopic (exact) mass is 307 g/mol. The summed E-state index contributed by atoms with van der Waals surface area (Å²) in [5.41, 5.74) is 0. The number of methoxy groups -OCH3 is 3. The molecule has 1 amide bonds. The van der Waals surface area contributed by atoms with Crippen LogP contribution in [0.2, 0.25) is 0 Å². The van der Waals surface area contributed by atoms with Crippen LogP contribution in [0.25, 0.3) is 0 Å². The van der Waals surface area contributed by atoms with Crippen molar-refractivity contribution in [3.8, 4) is 0 Å². The van der Waals surface area contributed by atoms with Crippen LogP contribution in [0.1, 0.15) is 13.3 Å². The number of hydrogen-bond donors (Lipinski definition) is 1. The maximum atomic E-state index is 11.3. The summed E-state index contributed by atoms with van der Waals surface area (Å²) < 4.78 is 31.7. The SMILES string of the molecule is COCO[C@@H]1[C@@H](OCOC)[C@H](OCOC)C[C@H]1NC(C)=O. The second kappa shape index (κ2) is 10.0. The van der Waals surface area contributed by atoms with Crippen LogP contribution in [-0.2, 0) is 33.2 Å². The molecule has 1 aliphatic rings. The van der Waals surface area contributed by atoms with Gasteiger partial charge in [0.1, 0.15) is 32.6 Å². The summed E-state index contributed by atoms with van der Waals surface area (Å²) in [7, 11) is 4.62. The van der Waals surface area contributed by atoms with Crippen LogP contribution in [0, 0.1) is 0 Å². The minimum Gasteiger partial charge on any atom is -0.359 e. The first-order valence-corrected chi connectivity index (χ1v) is 6.72. The average Bonchev–Trinajstić information content (AvgIpc) is 2.76. The quantitative estimate of drug-likeness (QED) is 0.562. The largest absolute Gasteiger partial charge is 0.359 e. The summed E-state index contributed by atoms with van der Waals surface area (Å²) in [6.07, 6.45) is -0.470. The van der Waals surface area contributed by atoms with Crippen LogP contribution in [0.5, 0.6) is 0 Å². The van der Waals surface area contributed by atoms with Gasteiger partial charge in [-0.15, -0.1) is 0 Å². The lowest BCUT2D eigenvalue weighted by Crippen LogP contribution is -2.45. The lowest BCUT2D eigenvalue weighted by Gasteiger charge is -2.26. The van der Waals surface area contributed by atoms with E-state index in [2.05, 4.69) is 5.32 Å².